The van der Waals surface area contributed by atoms with Crippen molar-refractivity contribution >= 4 is 17.7 Å². The van der Waals surface area contributed by atoms with Crippen LogP contribution in [0.1, 0.15) is 18.2 Å². The zero-order valence-corrected chi connectivity index (χ0v) is 10.4. The van der Waals surface area contributed by atoms with E-state index in [9.17, 15) is 4.79 Å². The van der Waals surface area contributed by atoms with Crippen molar-refractivity contribution < 1.29 is 14.3 Å². The first-order chi connectivity index (χ1) is 8.74. The van der Waals surface area contributed by atoms with Crippen LogP contribution < -0.4 is 0 Å². The normalized spacial score (nSPS) is 10.4. The van der Waals surface area contributed by atoms with Gasteiger partial charge in [-0.1, -0.05) is 18.2 Å². The second-order valence-corrected chi connectivity index (χ2v) is 4.63. The van der Waals surface area contributed by atoms with Gasteiger partial charge in [-0.05, 0) is 12.1 Å². The zero-order chi connectivity index (χ0) is 12.8. The lowest BCUT2D eigenvalue weighted by atomic mass is 10.3. The van der Waals surface area contributed by atoms with Crippen LogP contribution in [-0.4, -0.2) is 21.3 Å². The van der Waals surface area contributed by atoms with Gasteiger partial charge in [0.2, 0.25) is 11.8 Å². The fourth-order valence-corrected chi connectivity index (χ4v) is 2.08. The minimum absolute atomic E-state index is 0.00740. The van der Waals surface area contributed by atoms with Crippen LogP contribution in [0.4, 0.5) is 0 Å². The van der Waals surface area contributed by atoms with Crippen molar-refractivity contribution in [3.63, 3.8) is 0 Å². The maximum absolute atomic E-state index is 10.4. The van der Waals surface area contributed by atoms with Gasteiger partial charge in [-0.25, -0.2) is 0 Å². The number of carbonyl (C=O) groups is 1. The monoisotopic (exact) mass is 264 g/mol. The van der Waals surface area contributed by atoms with Crippen molar-refractivity contribution in [3.05, 3.63) is 42.1 Å². The summed E-state index contributed by atoms with van der Waals surface area (Å²) in [5, 5.41) is 16.2. The van der Waals surface area contributed by atoms with Crippen LogP contribution in [-0.2, 0) is 17.0 Å². The van der Waals surface area contributed by atoms with Crippen LogP contribution in [0.25, 0.3) is 0 Å². The standard InChI is InChI=1S/C12H12N2O3S/c15-12(16)7-6-10-13-14-11(17-10)8-18-9-4-2-1-3-5-9/h1-5H,6-8H2,(H,15,16). The van der Waals surface area contributed by atoms with Crippen LogP contribution in [0.2, 0.25) is 0 Å². The van der Waals surface area contributed by atoms with Crippen molar-refractivity contribution in [2.24, 2.45) is 0 Å². The Morgan fingerprint density at radius 3 is 2.67 bits per heavy atom. The predicted molar refractivity (Wildman–Crippen MR) is 66.3 cm³/mol. The van der Waals surface area contributed by atoms with Gasteiger partial charge in [0, 0.05) is 11.3 Å². The maximum atomic E-state index is 10.4. The number of carboxylic acids is 1. The third kappa shape index (κ3) is 3.89. The van der Waals surface area contributed by atoms with Crippen LogP contribution in [0.15, 0.2) is 39.6 Å². The Balaban J connectivity index is 1.85. The number of aromatic nitrogens is 2. The number of aliphatic carboxylic acids is 1. The fourth-order valence-electron chi connectivity index (χ4n) is 1.32. The minimum atomic E-state index is -0.867. The number of nitrogens with zero attached hydrogens (tertiary/aromatic N) is 2. The molecule has 0 saturated carbocycles. The van der Waals surface area contributed by atoms with Gasteiger partial charge in [0.25, 0.3) is 0 Å². The molecule has 0 spiro atoms. The molecule has 0 aliphatic rings. The number of hydrogen-bond acceptors (Lipinski definition) is 5. The SMILES string of the molecule is O=C(O)CCc1nnc(CSc2ccccc2)o1. The Morgan fingerprint density at radius 1 is 1.22 bits per heavy atom. The van der Waals surface area contributed by atoms with Crippen LogP contribution in [0, 0.1) is 0 Å². The Bertz CT molecular complexity index is 513. The molecule has 0 aliphatic heterocycles. The van der Waals surface area contributed by atoms with E-state index in [1.54, 1.807) is 11.8 Å². The van der Waals surface area contributed by atoms with E-state index in [4.69, 9.17) is 9.52 Å². The van der Waals surface area contributed by atoms with E-state index >= 15 is 0 Å². The number of rotatable bonds is 6. The molecule has 0 unspecified atom stereocenters. The first-order valence-corrected chi connectivity index (χ1v) is 6.43. The molecule has 0 atom stereocenters. The summed E-state index contributed by atoms with van der Waals surface area (Å²) in [6.07, 6.45) is 0.284. The topological polar surface area (TPSA) is 76.2 Å². The number of benzene rings is 1. The molecule has 2 rings (SSSR count). The minimum Gasteiger partial charge on any atom is -0.481 e. The van der Waals surface area contributed by atoms with Gasteiger partial charge in [0.15, 0.2) is 0 Å². The van der Waals surface area contributed by atoms with E-state index in [0.29, 0.717) is 17.5 Å². The van der Waals surface area contributed by atoms with E-state index in [2.05, 4.69) is 10.2 Å². The van der Waals surface area contributed by atoms with E-state index in [1.165, 1.54) is 0 Å². The first kappa shape index (κ1) is 12.6. The van der Waals surface area contributed by atoms with Crippen molar-refractivity contribution in [2.45, 2.75) is 23.5 Å². The summed E-state index contributed by atoms with van der Waals surface area (Å²) in [5.41, 5.74) is 0. The van der Waals surface area contributed by atoms with Gasteiger partial charge in [-0.2, -0.15) is 0 Å². The first-order valence-electron chi connectivity index (χ1n) is 5.45. The molecule has 5 nitrogen and oxygen atoms in total. The number of thioether (sulfide) groups is 1. The molecular formula is C12H12N2O3S. The second-order valence-electron chi connectivity index (χ2n) is 3.59. The Labute approximate surface area is 108 Å². The van der Waals surface area contributed by atoms with Gasteiger partial charge in [0.05, 0.1) is 12.2 Å². The van der Waals surface area contributed by atoms with E-state index in [0.717, 1.165) is 4.90 Å². The molecule has 0 fully saturated rings. The summed E-state index contributed by atoms with van der Waals surface area (Å²) in [6.45, 7) is 0. The lowest BCUT2D eigenvalue weighted by Gasteiger charge is -1.96. The van der Waals surface area contributed by atoms with Gasteiger partial charge in [-0.3, -0.25) is 4.79 Å². The van der Waals surface area contributed by atoms with Crippen LogP contribution in [0.3, 0.4) is 0 Å². The van der Waals surface area contributed by atoms with Crippen molar-refractivity contribution in [3.8, 4) is 0 Å². The average molecular weight is 264 g/mol. The van der Waals surface area contributed by atoms with Crippen LogP contribution >= 0.6 is 11.8 Å². The molecule has 1 heterocycles. The smallest absolute Gasteiger partial charge is 0.303 e. The maximum Gasteiger partial charge on any atom is 0.303 e. The molecule has 0 saturated heterocycles. The molecule has 0 amide bonds. The molecule has 94 valence electrons. The molecule has 0 radical (unpaired) electrons. The lowest BCUT2D eigenvalue weighted by Crippen LogP contribution is -1.97. The summed E-state index contributed by atoms with van der Waals surface area (Å²) in [7, 11) is 0. The van der Waals surface area contributed by atoms with Crippen LogP contribution in [0.5, 0.6) is 0 Å². The molecule has 2 aromatic rings. The Kier molecular flexibility index (Phi) is 4.35. The Hall–Kier alpha value is -1.82. The largest absolute Gasteiger partial charge is 0.481 e. The summed E-state index contributed by atoms with van der Waals surface area (Å²) in [6, 6.07) is 9.91. The second kappa shape index (κ2) is 6.20. The van der Waals surface area contributed by atoms with Crippen molar-refractivity contribution in [1.29, 1.82) is 0 Å². The molecular weight excluding hydrogens is 252 g/mol. The van der Waals surface area contributed by atoms with Crippen molar-refractivity contribution in [1.82, 2.24) is 10.2 Å². The zero-order valence-electron chi connectivity index (χ0n) is 9.57. The molecule has 0 aliphatic carbocycles. The lowest BCUT2D eigenvalue weighted by molar-refractivity contribution is -0.137. The molecule has 6 heteroatoms. The molecule has 1 aromatic heterocycles. The number of aryl methyl sites for hydroxylation is 1. The van der Waals surface area contributed by atoms with E-state index in [1.807, 2.05) is 30.3 Å². The molecule has 0 bridgehead atoms. The van der Waals surface area contributed by atoms with Gasteiger partial charge in [-0.15, -0.1) is 22.0 Å². The van der Waals surface area contributed by atoms with Crippen molar-refractivity contribution in [2.75, 3.05) is 0 Å². The summed E-state index contributed by atoms with van der Waals surface area (Å²) in [5.74, 6) is 0.614. The highest BCUT2D eigenvalue weighted by atomic mass is 32.2. The van der Waals surface area contributed by atoms with E-state index < -0.39 is 5.97 Å². The molecule has 1 aromatic carbocycles. The van der Waals surface area contributed by atoms with Gasteiger partial charge >= 0.3 is 5.97 Å². The van der Waals surface area contributed by atoms with Gasteiger partial charge < -0.3 is 9.52 Å². The fraction of sp³-hybridized carbons (Fsp3) is 0.250. The third-order valence-corrected chi connectivity index (χ3v) is 3.16. The Morgan fingerprint density at radius 2 is 1.94 bits per heavy atom. The summed E-state index contributed by atoms with van der Waals surface area (Å²) < 4.78 is 5.35. The quantitative estimate of drug-likeness (QED) is 0.807. The van der Waals surface area contributed by atoms with E-state index in [-0.39, 0.29) is 12.8 Å². The highest BCUT2D eigenvalue weighted by molar-refractivity contribution is 7.98. The number of hydrogen-bond donors (Lipinski definition) is 1. The highest BCUT2D eigenvalue weighted by Gasteiger charge is 2.08. The highest BCUT2D eigenvalue weighted by Crippen LogP contribution is 2.21. The molecule has 18 heavy (non-hydrogen) atoms. The predicted octanol–water partition coefficient (Wildman–Crippen LogP) is 2.38. The average Bonchev–Trinajstić information content (AvgIpc) is 2.83. The third-order valence-electron chi connectivity index (χ3n) is 2.17. The summed E-state index contributed by atoms with van der Waals surface area (Å²) >= 11 is 1.60. The summed E-state index contributed by atoms with van der Waals surface area (Å²) in [4.78, 5) is 11.5. The molecule has 1 N–H and O–H groups in total. The number of carboxylic acid groups (broad SMARTS) is 1. The van der Waals surface area contributed by atoms with Gasteiger partial charge in [0.1, 0.15) is 0 Å².